The van der Waals surface area contributed by atoms with E-state index < -0.39 is 21.8 Å². The third-order valence-corrected chi connectivity index (χ3v) is 4.62. The van der Waals surface area contributed by atoms with Crippen molar-refractivity contribution in [3.05, 3.63) is 59.7 Å². The number of halogens is 3. The van der Waals surface area contributed by atoms with E-state index in [-0.39, 0.29) is 17.5 Å². The van der Waals surface area contributed by atoms with Crippen LogP contribution in [0.15, 0.2) is 53.4 Å². The molecule has 0 aliphatic heterocycles. The van der Waals surface area contributed by atoms with Crippen molar-refractivity contribution in [1.82, 2.24) is 5.32 Å². The van der Waals surface area contributed by atoms with Gasteiger partial charge in [0.15, 0.2) is 0 Å². The summed E-state index contributed by atoms with van der Waals surface area (Å²) < 4.78 is 66.0. The summed E-state index contributed by atoms with van der Waals surface area (Å²) in [6.07, 6.45) is -4.37. The van der Waals surface area contributed by atoms with Gasteiger partial charge in [-0.15, -0.1) is 0 Å². The Balaban J connectivity index is 1.84. The molecule has 0 radical (unpaired) electrons. The predicted molar refractivity (Wildman–Crippen MR) is 91.2 cm³/mol. The first kappa shape index (κ1) is 20.2. The molecule has 2 aromatic rings. The largest absolute Gasteiger partial charge is 0.492 e. The fourth-order valence-electron chi connectivity index (χ4n) is 2.27. The van der Waals surface area contributed by atoms with E-state index in [1.54, 1.807) is 13.0 Å². The van der Waals surface area contributed by atoms with Crippen LogP contribution in [-0.2, 0) is 16.2 Å². The van der Waals surface area contributed by atoms with Crippen LogP contribution < -0.4 is 15.2 Å². The highest BCUT2D eigenvalue weighted by molar-refractivity contribution is 7.89. The summed E-state index contributed by atoms with van der Waals surface area (Å²) in [6, 6.07) is 10.5. The number of sulfonamides is 1. The number of hydrogen-bond acceptors (Lipinski definition) is 4. The van der Waals surface area contributed by atoms with Crippen LogP contribution in [0, 0.1) is 0 Å². The second-order valence-electron chi connectivity index (χ2n) is 5.66. The zero-order chi connectivity index (χ0) is 19.4. The smallest absolute Gasteiger partial charge is 0.416 e. The van der Waals surface area contributed by atoms with Crippen molar-refractivity contribution in [1.29, 1.82) is 0 Å². The molecule has 0 aromatic heterocycles. The third kappa shape index (κ3) is 5.72. The molecule has 0 heterocycles. The van der Waals surface area contributed by atoms with Crippen molar-refractivity contribution in [3.8, 4) is 5.75 Å². The Labute approximate surface area is 150 Å². The maximum Gasteiger partial charge on any atom is 0.416 e. The lowest BCUT2D eigenvalue weighted by atomic mass is 10.0. The summed E-state index contributed by atoms with van der Waals surface area (Å²) in [5.41, 5.74) is -0.160. The molecule has 0 unspecified atom stereocenters. The van der Waals surface area contributed by atoms with Crippen LogP contribution in [0.4, 0.5) is 13.2 Å². The molecule has 2 aromatic carbocycles. The number of rotatable bonds is 7. The van der Waals surface area contributed by atoms with Gasteiger partial charge in [0.2, 0.25) is 10.0 Å². The molecule has 0 aliphatic carbocycles. The molecule has 3 N–H and O–H groups in total. The van der Waals surface area contributed by atoms with Crippen LogP contribution in [0.2, 0.25) is 0 Å². The lowest BCUT2D eigenvalue weighted by Gasteiger charge is -2.16. The molecular weight excluding hydrogens is 369 g/mol. The van der Waals surface area contributed by atoms with Gasteiger partial charge in [-0.2, -0.15) is 13.2 Å². The lowest BCUT2D eigenvalue weighted by molar-refractivity contribution is -0.137. The van der Waals surface area contributed by atoms with Crippen LogP contribution in [0.25, 0.3) is 0 Å². The molecule has 26 heavy (non-hydrogen) atoms. The molecule has 0 aliphatic rings. The number of hydrogen-bond donors (Lipinski definition) is 2. The van der Waals surface area contributed by atoms with Crippen molar-refractivity contribution in [2.24, 2.45) is 5.14 Å². The first-order chi connectivity index (χ1) is 12.1. The minimum atomic E-state index is -4.37. The van der Waals surface area contributed by atoms with Crippen LogP contribution in [0.5, 0.6) is 5.75 Å². The van der Waals surface area contributed by atoms with Gasteiger partial charge in [-0.25, -0.2) is 13.6 Å². The molecule has 0 fully saturated rings. The summed E-state index contributed by atoms with van der Waals surface area (Å²) in [4.78, 5) is -0.0128. The summed E-state index contributed by atoms with van der Waals surface area (Å²) >= 11 is 0. The first-order valence-corrected chi connectivity index (χ1v) is 9.28. The molecule has 0 saturated carbocycles. The number of nitrogens with one attached hydrogen (secondary N) is 1. The van der Waals surface area contributed by atoms with Gasteiger partial charge in [0.05, 0.1) is 10.5 Å². The van der Waals surface area contributed by atoms with Crippen LogP contribution in [0.1, 0.15) is 24.1 Å². The molecule has 1 atom stereocenters. The quantitative estimate of drug-likeness (QED) is 0.715. The zero-order valence-electron chi connectivity index (χ0n) is 14.0. The summed E-state index contributed by atoms with van der Waals surface area (Å²) in [7, 11) is -3.75. The molecule has 0 saturated heterocycles. The highest BCUT2D eigenvalue weighted by Gasteiger charge is 2.30. The monoisotopic (exact) mass is 388 g/mol. The first-order valence-electron chi connectivity index (χ1n) is 7.73. The second kappa shape index (κ2) is 8.07. The van der Waals surface area contributed by atoms with Gasteiger partial charge in [0, 0.05) is 12.6 Å². The van der Waals surface area contributed by atoms with Gasteiger partial charge in [0.25, 0.3) is 0 Å². The molecular formula is C17H19F3N2O3S. The predicted octanol–water partition coefficient (Wildman–Crippen LogP) is 3.08. The van der Waals surface area contributed by atoms with Gasteiger partial charge in [0.1, 0.15) is 12.4 Å². The SMILES string of the molecule is C[C@@H](NCCOc1ccc(S(N)(=O)=O)cc1)c1cccc(C(F)(F)F)c1. The topological polar surface area (TPSA) is 81.4 Å². The van der Waals surface area contributed by atoms with Crippen LogP contribution in [0.3, 0.4) is 0 Å². The molecule has 0 amide bonds. The minimum absolute atomic E-state index is 0.0128. The molecule has 0 bridgehead atoms. The van der Waals surface area contributed by atoms with Crippen molar-refractivity contribution >= 4 is 10.0 Å². The Bertz CT molecular complexity index is 837. The average molecular weight is 388 g/mol. The Morgan fingerprint density at radius 2 is 1.81 bits per heavy atom. The van der Waals surface area contributed by atoms with E-state index in [9.17, 15) is 21.6 Å². The summed E-state index contributed by atoms with van der Waals surface area (Å²) in [5.74, 6) is 0.464. The molecule has 5 nitrogen and oxygen atoms in total. The van der Waals surface area contributed by atoms with Crippen molar-refractivity contribution in [2.75, 3.05) is 13.2 Å². The Kier molecular flexibility index (Phi) is 6.27. The summed E-state index contributed by atoms with van der Waals surface area (Å²) in [6.45, 7) is 2.42. The zero-order valence-corrected chi connectivity index (χ0v) is 14.8. The van der Waals surface area contributed by atoms with Crippen LogP contribution >= 0.6 is 0 Å². The number of ether oxygens (including phenoxy) is 1. The van der Waals surface area contributed by atoms with Crippen molar-refractivity contribution in [3.63, 3.8) is 0 Å². The Hall–Kier alpha value is -2.10. The van der Waals surface area contributed by atoms with Gasteiger partial charge in [-0.3, -0.25) is 0 Å². The van der Waals surface area contributed by atoms with Gasteiger partial charge in [-0.1, -0.05) is 12.1 Å². The molecule has 2 rings (SSSR count). The van der Waals surface area contributed by atoms with E-state index in [0.717, 1.165) is 12.1 Å². The fraction of sp³-hybridized carbons (Fsp3) is 0.294. The second-order valence-corrected chi connectivity index (χ2v) is 7.23. The van der Waals surface area contributed by atoms with E-state index in [2.05, 4.69) is 5.32 Å². The van der Waals surface area contributed by atoms with Crippen LogP contribution in [-0.4, -0.2) is 21.6 Å². The molecule has 9 heteroatoms. The minimum Gasteiger partial charge on any atom is -0.492 e. The molecule has 0 spiro atoms. The van der Waals surface area contributed by atoms with E-state index in [0.29, 0.717) is 17.9 Å². The highest BCUT2D eigenvalue weighted by atomic mass is 32.2. The normalized spacial score (nSPS) is 13.4. The standard InChI is InChI=1S/C17H19F3N2O3S/c1-12(13-3-2-4-14(11-13)17(18,19)20)22-9-10-25-15-5-7-16(8-6-15)26(21,23)24/h2-8,11-12,22H,9-10H2,1H3,(H2,21,23,24)/t12-/m1/s1. The fourth-order valence-corrected chi connectivity index (χ4v) is 2.79. The van der Waals surface area contributed by atoms with E-state index in [1.165, 1.54) is 30.3 Å². The molecule has 142 valence electrons. The Morgan fingerprint density at radius 1 is 1.15 bits per heavy atom. The lowest BCUT2D eigenvalue weighted by Crippen LogP contribution is -2.24. The number of benzene rings is 2. The number of nitrogens with two attached hydrogens (primary N) is 1. The van der Waals surface area contributed by atoms with E-state index in [1.807, 2.05) is 0 Å². The highest BCUT2D eigenvalue weighted by Crippen LogP contribution is 2.30. The van der Waals surface area contributed by atoms with Crippen molar-refractivity contribution in [2.45, 2.75) is 24.0 Å². The summed E-state index contributed by atoms with van der Waals surface area (Å²) in [5, 5.41) is 8.08. The van der Waals surface area contributed by atoms with E-state index in [4.69, 9.17) is 9.88 Å². The van der Waals surface area contributed by atoms with Gasteiger partial charge >= 0.3 is 6.18 Å². The Morgan fingerprint density at radius 3 is 2.38 bits per heavy atom. The number of alkyl halides is 3. The third-order valence-electron chi connectivity index (χ3n) is 3.69. The van der Waals surface area contributed by atoms with Gasteiger partial charge < -0.3 is 10.1 Å². The van der Waals surface area contributed by atoms with Gasteiger partial charge in [-0.05, 0) is 48.9 Å². The maximum atomic E-state index is 12.7. The van der Waals surface area contributed by atoms with Crippen molar-refractivity contribution < 1.29 is 26.3 Å². The van der Waals surface area contributed by atoms with E-state index >= 15 is 0 Å². The average Bonchev–Trinajstić information content (AvgIpc) is 2.57. The number of primary sulfonamides is 1. The maximum absolute atomic E-state index is 12.7.